The lowest BCUT2D eigenvalue weighted by Crippen LogP contribution is -2.58. The summed E-state index contributed by atoms with van der Waals surface area (Å²) >= 11 is 0. The molecule has 4 fully saturated rings. The molecule has 4 rings (SSSR count). The molecule has 0 aromatic rings. The molecule has 0 radical (unpaired) electrons. The molecule has 0 heterocycles. The van der Waals surface area contributed by atoms with Crippen LogP contribution < -0.4 is 0 Å². The second-order valence-corrected chi connectivity index (χ2v) is 9.59. The Bertz CT molecular complexity index is 552. The molecule has 2 unspecified atom stereocenters. The van der Waals surface area contributed by atoms with E-state index in [1.807, 2.05) is 0 Å². The van der Waals surface area contributed by atoms with E-state index in [1.54, 1.807) is 7.11 Å². The summed E-state index contributed by atoms with van der Waals surface area (Å²) in [6, 6.07) is 0. The van der Waals surface area contributed by atoms with Gasteiger partial charge in [0.2, 0.25) is 0 Å². The molecule has 4 saturated carbocycles. The topological polar surface area (TPSA) is 26.3 Å². The van der Waals surface area contributed by atoms with Crippen LogP contribution in [-0.4, -0.2) is 13.1 Å². The second kappa shape index (κ2) is 4.86. The summed E-state index contributed by atoms with van der Waals surface area (Å²) < 4.78 is 5.25. The van der Waals surface area contributed by atoms with Gasteiger partial charge in [-0.2, -0.15) is 0 Å². The Morgan fingerprint density at radius 1 is 1.13 bits per heavy atom. The van der Waals surface area contributed by atoms with Crippen molar-refractivity contribution in [3.8, 4) is 0 Å². The van der Waals surface area contributed by atoms with E-state index < -0.39 is 0 Å². The van der Waals surface area contributed by atoms with Gasteiger partial charge in [0, 0.05) is 0 Å². The van der Waals surface area contributed by atoms with E-state index in [4.69, 9.17) is 4.74 Å². The van der Waals surface area contributed by atoms with Crippen LogP contribution in [-0.2, 0) is 9.53 Å². The maximum atomic E-state index is 12.6. The van der Waals surface area contributed by atoms with E-state index in [0.717, 1.165) is 18.3 Å². The SMILES string of the molecule is C=C1C[C@]23CCC4[C@](C)(CCC[C@]4(C)C(=O)OC)C2CC[C@H]1C3. The number of allylic oxidation sites excluding steroid dienone is 1. The Morgan fingerprint density at radius 3 is 2.65 bits per heavy atom. The van der Waals surface area contributed by atoms with Crippen molar-refractivity contribution in [2.45, 2.75) is 71.6 Å². The van der Waals surface area contributed by atoms with Crippen molar-refractivity contribution in [1.82, 2.24) is 0 Å². The summed E-state index contributed by atoms with van der Waals surface area (Å²) in [6.45, 7) is 9.12. The van der Waals surface area contributed by atoms with Gasteiger partial charge in [-0.05, 0) is 86.9 Å². The zero-order chi connectivity index (χ0) is 16.5. The van der Waals surface area contributed by atoms with Gasteiger partial charge < -0.3 is 4.74 Å². The average molecular weight is 316 g/mol. The number of esters is 1. The summed E-state index contributed by atoms with van der Waals surface area (Å²) in [6.07, 6.45) is 11.3. The van der Waals surface area contributed by atoms with Crippen molar-refractivity contribution in [2.24, 2.45) is 34.0 Å². The van der Waals surface area contributed by atoms with E-state index in [0.29, 0.717) is 16.7 Å². The van der Waals surface area contributed by atoms with Crippen molar-refractivity contribution in [3.63, 3.8) is 0 Å². The number of methoxy groups -OCH3 is 1. The first-order valence-corrected chi connectivity index (χ1v) is 9.62. The van der Waals surface area contributed by atoms with Crippen LogP contribution in [0.2, 0.25) is 0 Å². The molecule has 0 amide bonds. The number of fused-ring (bicyclic) bond motifs is 3. The van der Waals surface area contributed by atoms with E-state index >= 15 is 0 Å². The maximum absolute atomic E-state index is 12.6. The normalized spacial score (nSPS) is 51.8. The van der Waals surface area contributed by atoms with E-state index in [-0.39, 0.29) is 11.4 Å². The molecule has 4 aliphatic carbocycles. The minimum absolute atomic E-state index is 0.0360. The van der Waals surface area contributed by atoms with Gasteiger partial charge in [0.25, 0.3) is 0 Å². The Labute approximate surface area is 141 Å². The van der Waals surface area contributed by atoms with Gasteiger partial charge in [-0.15, -0.1) is 0 Å². The summed E-state index contributed by atoms with van der Waals surface area (Å²) in [7, 11) is 1.57. The van der Waals surface area contributed by atoms with Gasteiger partial charge in [-0.25, -0.2) is 0 Å². The van der Waals surface area contributed by atoms with Crippen LogP contribution in [0.25, 0.3) is 0 Å². The fraction of sp³-hybridized carbons (Fsp3) is 0.857. The molecule has 0 N–H and O–H groups in total. The smallest absolute Gasteiger partial charge is 0.311 e. The minimum Gasteiger partial charge on any atom is -0.469 e. The lowest BCUT2D eigenvalue weighted by Gasteiger charge is -2.63. The molecule has 0 aromatic carbocycles. The van der Waals surface area contributed by atoms with Crippen molar-refractivity contribution in [3.05, 3.63) is 12.2 Å². The highest BCUT2D eigenvalue weighted by molar-refractivity contribution is 5.77. The molecule has 128 valence electrons. The number of hydrogen-bond acceptors (Lipinski definition) is 2. The summed E-state index contributed by atoms with van der Waals surface area (Å²) in [5.74, 6) is 2.11. The molecule has 23 heavy (non-hydrogen) atoms. The van der Waals surface area contributed by atoms with Crippen molar-refractivity contribution >= 4 is 5.97 Å². The Morgan fingerprint density at radius 2 is 1.91 bits per heavy atom. The second-order valence-electron chi connectivity index (χ2n) is 9.59. The summed E-state index contributed by atoms with van der Waals surface area (Å²) in [4.78, 5) is 12.6. The van der Waals surface area contributed by atoms with Crippen LogP contribution in [0.5, 0.6) is 0 Å². The standard InChI is InChI=1S/C21H32O2/c1-14-12-21-11-8-16-19(2,17(21)7-6-15(14)13-21)9-5-10-20(16,3)18(22)23-4/h15-17H,1,5-13H2,2-4H3/t15-,16?,17?,19-,20-,21-/m0/s1. The lowest BCUT2D eigenvalue weighted by molar-refractivity contribution is -0.183. The van der Waals surface area contributed by atoms with Crippen LogP contribution in [0.15, 0.2) is 12.2 Å². The fourth-order valence-electron chi connectivity index (χ4n) is 7.83. The largest absolute Gasteiger partial charge is 0.469 e. The first kappa shape index (κ1) is 15.7. The van der Waals surface area contributed by atoms with Crippen LogP contribution in [0.1, 0.15) is 71.6 Å². The van der Waals surface area contributed by atoms with Crippen LogP contribution >= 0.6 is 0 Å². The zero-order valence-electron chi connectivity index (χ0n) is 15.1. The first-order chi connectivity index (χ1) is 10.9. The number of ether oxygens (including phenoxy) is 1. The maximum Gasteiger partial charge on any atom is 0.311 e. The number of rotatable bonds is 1. The number of hydrogen-bond donors (Lipinski definition) is 0. The van der Waals surface area contributed by atoms with Crippen LogP contribution in [0.4, 0.5) is 0 Å². The van der Waals surface area contributed by atoms with E-state index in [9.17, 15) is 4.79 Å². The predicted molar refractivity (Wildman–Crippen MR) is 91.8 cm³/mol. The monoisotopic (exact) mass is 316 g/mol. The fourth-order valence-corrected chi connectivity index (χ4v) is 7.83. The van der Waals surface area contributed by atoms with Gasteiger partial charge >= 0.3 is 5.97 Å². The van der Waals surface area contributed by atoms with E-state index in [1.165, 1.54) is 56.9 Å². The molecule has 2 heteroatoms. The molecule has 2 bridgehead atoms. The van der Waals surface area contributed by atoms with Gasteiger partial charge in [-0.3, -0.25) is 4.79 Å². The molecule has 1 spiro atoms. The Balaban J connectivity index is 1.73. The van der Waals surface area contributed by atoms with Crippen LogP contribution in [0.3, 0.4) is 0 Å². The highest BCUT2D eigenvalue weighted by atomic mass is 16.5. The molecule has 0 aromatic heterocycles. The molecule has 0 aliphatic heterocycles. The van der Waals surface area contributed by atoms with Crippen molar-refractivity contribution < 1.29 is 9.53 Å². The van der Waals surface area contributed by atoms with Gasteiger partial charge in [0.15, 0.2) is 0 Å². The summed E-state index contributed by atoms with van der Waals surface area (Å²) in [5, 5.41) is 0. The molecule has 0 saturated heterocycles. The molecular weight excluding hydrogens is 284 g/mol. The first-order valence-electron chi connectivity index (χ1n) is 9.62. The minimum atomic E-state index is -0.268. The Kier molecular flexibility index (Phi) is 3.32. The van der Waals surface area contributed by atoms with Gasteiger partial charge in [0.1, 0.15) is 0 Å². The third-order valence-electron chi connectivity index (χ3n) is 8.71. The average Bonchev–Trinajstić information content (AvgIpc) is 2.75. The summed E-state index contributed by atoms with van der Waals surface area (Å²) in [5.41, 5.74) is 2.09. The third-order valence-corrected chi connectivity index (χ3v) is 8.71. The molecule has 6 atom stereocenters. The third kappa shape index (κ3) is 1.90. The highest BCUT2D eigenvalue weighted by Crippen LogP contribution is 2.72. The number of carbonyl (C=O) groups is 1. The zero-order valence-corrected chi connectivity index (χ0v) is 15.1. The Hall–Kier alpha value is -0.790. The van der Waals surface area contributed by atoms with Gasteiger partial charge in [-0.1, -0.05) is 25.5 Å². The van der Waals surface area contributed by atoms with Crippen molar-refractivity contribution in [2.75, 3.05) is 7.11 Å². The lowest BCUT2D eigenvalue weighted by atomic mass is 9.41. The number of carbonyl (C=O) groups excluding carboxylic acids is 1. The van der Waals surface area contributed by atoms with Crippen LogP contribution in [0, 0.1) is 34.0 Å². The highest BCUT2D eigenvalue weighted by Gasteiger charge is 2.65. The van der Waals surface area contributed by atoms with E-state index in [2.05, 4.69) is 20.4 Å². The van der Waals surface area contributed by atoms with Gasteiger partial charge in [0.05, 0.1) is 12.5 Å². The van der Waals surface area contributed by atoms with Crippen molar-refractivity contribution in [1.29, 1.82) is 0 Å². The molecule has 2 nitrogen and oxygen atoms in total. The quantitative estimate of drug-likeness (QED) is 0.495. The predicted octanol–water partition coefficient (Wildman–Crippen LogP) is 5.13. The molecule has 4 aliphatic rings. The molecular formula is C21H32O2.